The highest BCUT2D eigenvalue weighted by Crippen LogP contribution is 2.31. The lowest BCUT2D eigenvalue weighted by Gasteiger charge is -2.09. The molecule has 7 nitrogen and oxygen atoms in total. The second-order valence-electron chi connectivity index (χ2n) is 5.65. The number of benzene rings is 1. The first-order valence-electron chi connectivity index (χ1n) is 8.07. The first-order valence-corrected chi connectivity index (χ1v) is 9.77. The molecule has 1 aromatic carbocycles. The van der Waals surface area contributed by atoms with Crippen LogP contribution in [0, 0.1) is 6.92 Å². The second-order valence-corrected chi connectivity index (χ2v) is 7.59. The molecule has 0 aliphatic rings. The van der Waals surface area contributed by atoms with E-state index in [2.05, 4.69) is 10.3 Å². The molecule has 0 saturated carbocycles. The largest absolute Gasteiger partial charge is 0.465 e. The van der Waals surface area contributed by atoms with Gasteiger partial charge >= 0.3 is 11.9 Å². The Labute approximate surface area is 168 Å². The Morgan fingerprint density at radius 1 is 1.04 bits per heavy atom. The van der Waals surface area contributed by atoms with Gasteiger partial charge in [0.15, 0.2) is 0 Å². The summed E-state index contributed by atoms with van der Waals surface area (Å²) < 4.78 is 9.41. The van der Waals surface area contributed by atoms with Crippen molar-refractivity contribution >= 4 is 46.2 Å². The van der Waals surface area contributed by atoms with Gasteiger partial charge in [-0.05, 0) is 36.6 Å². The third kappa shape index (κ3) is 4.10. The fourth-order valence-electron chi connectivity index (χ4n) is 2.47. The molecule has 3 aromatic rings. The summed E-state index contributed by atoms with van der Waals surface area (Å²) in [6.45, 7) is 1.76. The Hall–Kier alpha value is -3.04. The quantitative estimate of drug-likeness (QED) is 0.632. The zero-order chi connectivity index (χ0) is 20.3. The van der Waals surface area contributed by atoms with Gasteiger partial charge in [-0.15, -0.1) is 22.7 Å². The number of anilines is 1. The van der Waals surface area contributed by atoms with E-state index in [0.29, 0.717) is 10.6 Å². The minimum atomic E-state index is -0.629. The van der Waals surface area contributed by atoms with Gasteiger partial charge in [0.1, 0.15) is 9.88 Å². The van der Waals surface area contributed by atoms with Crippen molar-refractivity contribution in [3.63, 3.8) is 0 Å². The van der Waals surface area contributed by atoms with Gasteiger partial charge in [-0.3, -0.25) is 4.79 Å². The fraction of sp³-hybridized carbons (Fsp3) is 0.158. The minimum Gasteiger partial charge on any atom is -0.465 e. The number of methoxy groups -OCH3 is 2. The molecule has 0 spiro atoms. The normalized spacial score (nSPS) is 10.4. The SMILES string of the molecule is COC(=O)c1cc(NC(=O)c2sc(-c3cccs3)nc2C)cc(C(=O)OC)c1. The van der Waals surface area contributed by atoms with E-state index in [9.17, 15) is 14.4 Å². The van der Waals surface area contributed by atoms with Crippen LogP contribution in [0.1, 0.15) is 36.1 Å². The molecule has 0 atom stereocenters. The van der Waals surface area contributed by atoms with Crippen LogP contribution in [0.5, 0.6) is 0 Å². The van der Waals surface area contributed by atoms with Gasteiger partial charge in [-0.2, -0.15) is 0 Å². The highest BCUT2D eigenvalue weighted by Gasteiger charge is 2.19. The van der Waals surface area contributed by atoms with Crippen LogP contribution in [0.2, 0.25) is 0 Å². The van der Waals surface area contributed by atoms with Crippen molar-refractivity contribution in [2.24, 2.45) is 0 Å². The average Bonchev–Trinajstić information content (AvgIpc) is 3.35. The van der Waals surface area contributed by atoms with Crippen molar-refractivity contribution in [2.75, 3.05) is 19.5 Å². The molecule has 2 heterocycles. The number of thiazole rings is 1. The van der Waals surface area contributed by atoms with Gasteiger partial charge in [-0.25, -0.2) is 14.6 Å². The number of rotatable bonds is 5. The molecule has 0 bridgehead atoms. The first-order chi connectivity index (χ1) is 13.4. The van der Waals surface area contributed by atoms with E-state index in [1.165, 1.54) is 43.8 Å². The maximum atomic E-state index is 12.7. The third-order valence-corrected chi connectivity index (χ3v) is 5.96. The Morgan fingerprint density at radius 3 is 2.21 bits per heavy atom. The summed E-state index contributed by atoms with van der Waals surface area (Å²) in [7, 11) is 2.47. The summed E-state index contributed by atoms with van der Waals surface area (Å²) in [5.74, 6) is -1.64. The van der Waals surface area contributed by atoms with Gasteiger partial charge < -0.3 is 14.8 Å². The highest BCUT2D eigenvalue weighted by atomic mass is 32.1. The zero-order valence-corrected chi connectivity index (χ0v) is 16.9. The Bertz CT molecular complexity index is 1010. The summed E-state index contributed by atoms with van der Waals surface area (Å²) in [5, 5.41) is 5.42. The number of hydrogen-bond donors (Lipinski definition) is 1. The van der Waals surface area contributed by atoms with Crippen molar-refractivity contribution in [1.82, 2.24) is 4.98 Å². The number of ether oxygens (including phenoxy) is 2. The van der Waals surface area contributed by atoms with Crippen LogP contribution in [0.15, 0.2) is 35.7 Å². The first kappa shape index (κ1) is 19.7. The lowest BCUT2D eigenvalue weighted by atomic mass is 10.1. The third-order valence-electron chi connectivity index (χ3n) is 3.77. The molecule has 0 aliphatic heterocycles. The molecule has 0 unspecified atom stereocenters. The van der Waals surface area contributed by atoms with E-state index < -0.39 is 11.9 Å². The number of nitrogens with one attached hydrogen (secondary N) is 1. The number of amides is 1. The van der Waals surface area contributed by atoms with E-state index in [4.69, 9.17) is 9.47 Å². The lowest BCUT2D eigenvalue weighted by molar-refractivity contribution is 0.0599. The van der Waals surface area contributed by atoms with Gasteiger partial charge in [-0.1, -0.05) is 6.07 Å². The molecule has 0 aliphatic carbocycles. The van der Waals surface area contributed by atoms with E-state index >= 15 is 0 Å². The summed E-state index contributed by atoms with van der Waals surface area (Å²) in [6.07, 6.45) is 0. The Morgan fingerprint density at radius 2 is 1.68 bits per heavy atom. The van der Waals surface area contributed by atoms with Crippen molar-refractivity contribution in [1.29, 1.82) is 0 Å². The number of aryl methyl sites for hydroxylation is 1. The zero-order valence-electron chi connectivity index (χ0n) is 15.3. The van der Waals surface area contributed by atoms with Gasteiger partial charge in [0.05, 0.1) is 35.9 Å². The molecule has 3 rings (SSSR count). The molecule has 0 fully saturated rings. The van der Waals surface area contributed by atoms with E-state index in [1.807, 2.05) is 17.5 Å². The summed E-state index contributed by atoms with van der Waals surface area (Å²) >= 11 is 2.82. The number of esters is 2. The molecule has 1 N–H and O–H groups in total. The average molecular weight is 416 g/mol. The molecule has 0 saturated heterocycles. The summed E-state index contributed by atoms with van der Waals surface area (Å²) in [5.41, 5.74) is 1.13. The minimum absolute atomic E-state index is 0.126. The van der Waals surface area contributed by atoms with E-state index in [0.717, 1.165) is 9.88 Å². The standard InChI is InChI=1S/C19H16N2O5S2/c1-10-15(28-17(20-10)14-5-4-6-27-14)16(22)21-13-8-11(18(23)25-2)7-12(9-13)19(24)26-3/h4-9H,1-3H3,(H,21,22). The molecule has 144 valence electrons. The number of carbonyl (C=O) groups is 3. The molecule has 1 amide bonds. The van der Waals surface area contributed by atoms with Crippen LogP contribution in [-0.4, -0.2) is 37.0 Å². The van der Waals surface area contributed by atoms with Gasteiger partial charge in [0, 0.05) is 5.69 Å². The lowest BCUT2D eigenvalue weighted by Crippen LogP contribution is -2.14. The number of nitrogens with zero attached hydrogens (tertiary/aromatic N) is 1. The highest BCUT2D eigenvalue weighted by molar-refractivity contribution is 7.22. The predicted octanol–water partition coefficient (Wildman–Crippen LogP) is 4.01. The van der Waals surface area contributed by atoms with Crippen molar-refractivity contribution in [2.45, 2.75) is 6.92 Å². The number of thiophene rings is 1. The van der Waals surface area contributed by atoms with Crippen LogP contribution >= 0.6 is 22.7 Å². The summed E-state index contributed by atoms with van der Waals surface area (Å²) in [4.78, 5) is 42.4. The Balaban J connectivity index is 1.91. The molecule has 0 radical (unpaired) electrons. The van der Waals surface area contributed by atoms with Crippen LogP contribution in [-0.2, 0) is 9.47 Å². The van der Waals surface area contributed by atoms with Crippen LogP contribution in [0.4, 0.5) is 5.69 Å². The molecule has 9 heteroatoms. The number of aromatic nitrogens is 1. The van der Waals surface area contributed by atoms with Crippen molar-refractivity contribution in [3.8, 4) is 9.88 Å². The summed E-state index contributed by atoms with van der Waals surface area (Å²) in [6, 6.07) is 8.08. The van der Waals surface area contributed by atoms with Crippen molar-refractivity contribution < 1.29 is 23.9 Å². The van der Waals surface area contributed by atoms with Crippen LogP contribution in [0.3, 0.4) is 0 Å². The second kappa shape index (κ2) is 8.32. The number of carbonyl (C=O) groups excluding carboxylic acids is 3. The van der Waals surface area contributed by atoms with E-state index in [1.54, 1.807) is 18.3 Å². The molecular formula is C19H16N2O5S2. The van der Waals surface area contributed by atoms with Crippen LogP contribution in [0.25, 0.3) is 9.88 Å². The maximum absolute atomic E-state index is 12.7. The smallest absolute Gasteiger partial charge is 0.337 e. The van der Waals surface area contributed by atoms with E-state index in [-0.39, 0.29) is 22.7 Å². The van der Waals surface area contributed by atoms with Crippen LogP contribution < -0.4 is 5.32 Å². The van der Waals surface area contributed by atoms with Gasteiger partial charge in [0.25, 0.3) is 5.91 Å². The maximum Gasteiger partial charge on any atom is 0.337 e. The van der Waals surface area contributed by atoms with Gasteiger partial charge in [0.2, 0.25) is 0 Å². The fourth-order valence-corrected chi connectivity index (χ4v) is 4.23. The topological polar surface area (TPSA) is 94.6 Å². The predicted molar refractivity (Wildman–Crippen MR) is 107 cm³/mol. The Kier molecular flexibility index (Phi) is 5.86. The van der Waals surface area contributed by atoms with Crippen molar-refractivity contribution in [3.05, 3.63) is 57.4 Å². The monoisotopic (exact) mass is 416 g/mol. The molecular weight excluding hydrogens is 400 g/mol. The molecule has 28 heavy (non-hydrogen) atoms. The number of hydrogen-bond acceptors (Lipinski definition) is 8. The molecule has 2 aromatic heterocycles.